The van der Waals surface area contributed by atoms with Gasteiger partial charge in [-0.15, -0.1) is 0 Å². The highest BCUT2D eigenvalue weighted by Gasteiger charge is 2.14. The first-order chi connectivity index (χ1) is 8.85. The Hall–Kier alpha value is -1.87. The summed E-state index contributed by atoms with van der Waals surface area (Å²) in [5.74, 6) is -2.43. The van der Waals surface area contributed by atoms with E-state index in [1.54, 1.807) is 0 Å². The summed E-state index contributed by atoms with van der Waals surface area (Å²) < 4.78 is 0.550. The van der Waals surface area contributed by atoms with Crippen molar-refractivity contribution in [1.29, 1.82) is 5.41 Å². The normalized spacial score (nSPS) is 11.8. The molecule has 1 atom stereocenters. The number of carboxylic acid groups (broad SMARTS) is 2. The van der Waals surface area contributed by atoms with Crippen molar-refractivity contribution < 1.29 is 29.4 Å². The van der Waals surface area contributed by atoms with Gasteiger partial charge in [0.1, 0.15) is 19.2 Å². The van der Waals surface area contributed by atoms with Crippen LogP contribution < -0.4 is 10.8 Å². The van der Waals surface area contributed by atoms with Crippen LogP contribution in [0.4, 0.5) is 0 Å². The Bertz CT molecular complexity index is 340. The maximum atomic E-state index is 10.0. The van der Waals surface area contributed by atoms with Crippen LogP contribution in [0, 0.1) is 5.41 Å². The quantitative estimate of drug-likeness (QED) is 0.233. The predicted octanol–water partition coefficient (Wildman–Crippen LogP) is -2.91. The number of aliphatic hydroxyl groups is 1. The largest absolute Gasteiger partial charge is 0.550 e. The first kappa shape index (κ1) is 20.4. The zero-order valence-electron chi connectivity index (χ0n) is 12.3. The smallest absolute Gasteiger partial charge is 0.323 e. The topological polar surface area (TPSA) is 151 Å². The maximum Gasteiger partial charge on any atom is 0.323 e. The van der Waals surface area contributed by atoms with Gasteiger partial charge in [0, 0.05) is 19.4 Å². The van der Waals surface area contributed by atoms with Crippen LogP contribution >= 0.6 is 0 Å². The number of nitrogens with two attached hydrogens (primary N) is 1. The first-order valence-corrected chi connectivity index (χ1v) is 5.80. The lowest BCUT2D eigenvalue weighted by atomic mass is 10.2. The molecule has 0 heterocycles. The zero-order chi connectivity index (χ0) is 16.5. The van der Waals surface area contributed by atoms with E-state index in [4.69, 9.17) is 21.4 Å². The molecule has 0 aromatic heterocycles. The maximum absolute atomic E-state index is 10.0. The number of aliphatic carboxylic acids is 2. The lowest BCUT2D eigenvalue weighted by Crippen LogP contribution is -2.43. The van der Waals surface area contributed by atoms with E-state index < -0.39 is 18.0 Å². The minimum absolute atomic E-state index is 0.227. The van der Waals surface area contributed by atoms with Crippen LogP contribution in [0.3, 0.4) is 0 Å². The highest BCUT2D eigenvalue weighted by atomic mass is 16.4. The van der Waals surface area contributed by atoms with Crippen LogP contribution in [-0.2, 0) is 9.59 Å². The number of carbonyl (C=O) groups is 2. The summed E-state index contributed by atoms with van der Waals surface area (Å²) in [6.07, 6.45) is -1.09. The van der Waals surface area contributed by atoms with Gasteiger partial charge in [0.2, 0.25) is 0 Å². The molecule has 5 N–H and O–H groups in total. The predicted molar refractivity (Wildman–Crippen MR) is 70.7 cm³/mol. The minimum Gasteiger partial charge on any atom is -0.550 e. The van der Waals surface area contributed by atoms with Crippen molar-refractivity contribution in [1.82, 2.24) is 4.90 Å². The molecule has 1 unspecified atom stereocenters. The average molecular weight is 292 g/mol. The number of carboxylic acids is 2. The number of nitrogens with zero attached hydrogens (tertiary/aromatic N) is 2. The fourth-order valence-corrected chi connectivity index (χ4v) is 1.18. The summed E-state index contributed by atoms with van der Waals surface area (Å²) in [4.78, 5) is 21.1. The van der Waals surface area contributed by atoms with Crippen molar-refractivity contribution in [2.24, 2.45) is 5.73 Å². The molecule has 0 aromatic rings. The molecule has 9 heteroatoms. The Balaban J connectivity index is 0. The standard InChI is InChI=1S/C7H15NO3.C4H9N3O2/c1-8(2,3)5-6(9)4-7(10)11;1-7(4(5)6)2-3(8)9/h6,9H,4-5H2,1-3H3;2H2,1H3,(H3,5,6)(H,8,9). The molecular formula is C11H24N4O5. The molecule has 0 aliphatic rings. The van der Waals surface area contributed by atoms with Crippen LogP contribution in [0.2, 0.25) is 0 Å². The molecular weight excluding hydrogens is 268 g/mol. The molecule has 20 heavy (non-hydrogen) atoms. The van der Waals surface area contributed by atoms with Crippen molar-refractivity contribution >= 4 is 17.9 Å². The number of guanidine groups is 1. The van der Waals surface area contributed by atoms with Gasteiger partial charge >= 0.3 is 5.97 Å². The Morgan fingerprint density at radius 1 is 1.40 bits per heavy atom. The molecule has 0 aliphatic heterocycles. The second-order valence-electron chi connectivity index (χ2n) is 5.34. The number of hydrogen-bond donors (Lipinski definition) is 4. The Morgan fingerprint density at radius 2 is 1.85 bits per heavy atom. The molecule has 0 radical (unpaired) electrons. The van der Waals surface area contributed by atoms with E-state index in [1.807, 2.05) is 21.1 Å². The summed E-state index contributed by atoms with van der Waals surface area (Å²) in [6.45, 7) is 0.198. The van der Waals surface area contributed by atoms with Crippen molar-refractivity contribution in [2.45, 2.75) is 12.5 Å². The third-order valence-electron chi connectivity index (χ3n) is 1.94. The third-order valence-corrected chi connectivity index (χ3v) is 1.94. The van der Waals surface area contributed by atoms with E-state index >= 15 is 0 Å². The van der Waals surface area contributed by atoms with Crippen molar-refractivity contribution in [2.75, 3.05) is 41.3 Å². The first-order valence-electron chi connectivity index (χ1n) is 5.80. The lowest BCUT2D eigenvalue weighted by Gasteiger charge is -2.26. The number of likely N-dealkylation sites (N-methyl/N-ethyl adjacent to an activating group) is 2. The SMILES string of the molecule is CN(CC(=O)O)C(=N)N.C[N+](C)(C)CC(O)CC(=O)[O-]. The van der Waals surface area contributed by atoms with Gasteiger partial charge < -0.3 is 35.2 Å². The molecule has 0 bridgehead atoms. The summed E-state index contributed by atoms with van der Waals surface area (Å²) >= 11 is 0. The van der Waals surface area contributed by atoms with Gasteiger partial charge in [-0.25, -0.2) is 0 Å². The summed E-state index contributed by atoms with van der Waals surface area (Å²) in [5.41, 5.74) is 4.93. The summed E-state index contributed by atoms with van der Waals surface area (Å²) in [7, 11) is 7.10. The van der Waals surface area contributed by atoms with Gasteiger partial charge in [0.25, 0.3) is 0 Å². The molecule has 0 spiro atoms. The highest BCUT2D eigenvalue weighted by molar-refractivity contribution is 5.79. The van der Waals surface area contributed by atoms with E-state index in [2.05, 4.69) is 0 Å². The number of carbonyl (C=O) groups excluding carboxylic acids is 1. The van der Waals surface area contributed by atoms with E-state index in [0.717, 1.165) is 4.90 Å². The molecule has 0 aromatic carbocycles. The Morgan fingerprint density at radius 3 is 2.05 bits per heavy atom. The van der Waals surface area contributed by atoms with Gasteiger partial charge in [-0.1, -0.05) is 0 Å². The molecule has 0 fully saturated rings. The van der Waals surface area contributed by atoms with E-state index in [9.17, 15) is 14.7 Å². The van der Waals surface area contributed by atoms with Crippen LogP contribution in [0.25, 0.3) is 0 Å². The average Bonchev–Trinajstić information content (AvgIpc) is 2.12. The fourth-order valence-electron chi connectivity index (χ4n) is 1.18. The lowest BCUT2D eigenvalue weighted by molar-refractivity contribution is -0.873. The van der Waals surface area contributed by atoms with Crippen molar-refractivity contribution in [3.63, 3.8) is 0 Å². The molecule has 0 aliphatic carbocycles. The molecule has 0 amide bonds. The van der Waals surface area contributed by atoms with E-state index in [-0.39, 0.29) is 18.9 Å². The Labute approximate surface area is 118 Å². The number of nitrogens with one attached hydrogen (secondary N) is 1. The van der Waals surface area contributed by atoms with Gasteiger partial charge in [-0.05, 0) is 0 Å². The summed E-state index contributed by atoms with van der Waals surface area (Å²) in [5, 5.41) is 34.0. The Kier molecular flexibility index (Phi) is 9.30. The zero-order valence-corrected chi connectivity index (χ0v) is 12.3. The highest BCUT2D eigenvalue weighted by Crippen LogP contribution is 1.97. The molecule has 0 rings (SSSR count). The molecule has 118 valence electrons. The van der Waals surface area contributed by atoms with Gasteiger partial charge in [0.05, 0.1) is 21.1 Å². The van der Waals surface area contributed by atoms with Crippen molar-refractivity contribution in [3.8, 4) is 0 Å². The van der Waals surface area contributed by atoms with Crippen LogP contribution in [0.15, 0.2) is 0 Å². The molecule has 9 nitrogen and oxygen atoms in total. The van der Waals surface area contributed by atoms with Crippen LogP contribution in [-0.4, -0.2) is 84.9 Å². The number of aliphatic hydroxyl groups excluding tert-OH is 1. The molecule has 0 saturated heterocycles. The fraction of sp³-hybridized carbons (Fsp3) is 0.727. The van der Waals surface area contributed by atoms with Gasteiger partial charge in [0.15, 0.2) is 5.96 Å². The van der Waals surface area contributed by atoms with Crippen LogP contribution in [0.1, 0.15) is 6.42 Å². The van der Waals surface area contributed by atoms with Crippen LogP contribution in [0.5, 0.6) is 0 Å². The number of rotatable bonds is 6. The van der Waals surface area contributed by atoms with E-state index in [1.165, 1.54) is 7.05 Å². The van der Waals surface area contributed by atoms with E-state index in [0.29, 0.717) is 11.0 Å². The number of hydrogen-bond acceptors (Lipinski definition) is 5. The minimum atomic E-state index is -1.20. The number of quaternary nitrogens is 1. The van der Waals surface area contributed by atoms with Gasteiger partial charge in [-0.2, -0.15) is 0 Å². The third kappa shape index (κ3) is 16.1. The summed E-state index contributed by atoms with van der Waals surface area (Å²) in [6, 6.07) is 0. The van der Waals surface area contributed by atoms with Gasteiger partial charge in [-0.3, -0.25) is 10.2 Å². The second-order valence-corrected chi connectivity index (χ2v) is 5.34. The monoisotopic (exact) mass is 292 g/mol. The van der Waals surface area contributed by atoms with Crippen molar-refractivity contribution in [3.05, 3.63) is 0 Å². The molecule has 0 saturated carbocycles. The second kappa shape index (κ2) is 9.10.